The molecule has 5 N–H and O–H groups in total. The van der Waals surface area contributed by atoms with Crippen LogP contribution < -0.4 is 11.4 Å². The van der Waals surface area contributed by atoms with Crippen molar-refractivity contribution < 1.29 is 24.4 Å². The third-order valence-electron chi connectivity index (χ3n) is 2.70. The minimum Gasteiger partial charge on any atom is -0.394 e. The number of aromatic nitrogens is 2. The van der Waals surface area contributed by atoms with Gasteiger partial charge in [0.15, 0.2) is 6.23 Å². The summed E-state index contributed by atoms with van der Waals surface area (Å²) in [5.41, 5.74) is 4.32. The van der Waals surface area contributed by atoms with Crippen LogP contribution in [0.2, 0.25) is 0 Å². The number of ether oxygens (including phenoxy) is 1. The van der Waals surface area contributed by atoms with Crippen LogP contribution in [-0.2, 0) is 4.74 Å². The summed E-state index contributed by atoms with van der Waals surface area (Å²) in [6, 6.07) is 1.21. The topological polar surface area (TPSA) is 131 Å². The Morgan fingerprint density at radius 3 is 2.83 bits per heavy atom. The Labute approximate surface area is 100 Å². The predicted molar refractivity (Wildman–Crippen MR) is 56.0 cm³/mol. The van der Waals surface area contributed by atoms with Gasteiger partial charge >= 0.3 is 5.69 Å². The number of aliphatic hydroxyl groups is 3. The number of hydrogen-bond donors (Lipinski definition) is 4. The second kappa shape index (κ2) is 4.28. The number of anilines is 1. The van der Waals surface area contributed by atoms with E-state index in [1.54, 1.807) is 0 Å². The van der Waals surface area contributed by atoms with E-state index in [0.29, 0.717) is 4.57 Å². The predicted octanol–water partition coefficient (Wildman–Crippen LogP) is -2.27. The van der Waals surface area contributed by atoms with Crippen molar-refractivity contribution >= 4 is 5.82 Å². The maximum absolute atomic E-state index is 13.9. The van der Waals surface area contributed by atoms with E-state index in [2.05, 4.69) is 4.98 Å². The molecule has 0 aromatic carbocycles. The fraction of sp³-hybridized carbons (Fsp3) is 0.556. The van der Waals surface area contributed by atoms with E-state index in [1.807, 2.05) is 0 Å². The quantitative estimate of drug-likeness (QED) is 0.472. The molecular weight excluding hydrogens is 249 g/mol. The third-order valence-corrected chi connectivity index (χ3v) is 2.70. The molecule has 1 aromatic heterocycles. The summed E-state index contributed by atoms with van der Waals surface area (Å²) < 4.78 is 19.5. The van der Waals surface area contributed by atoms with Gasteiger partial charge in [0.05, 0.1) is 6.61 Å². The highest BCUT2D eigenvalue weighted by molar-refractivity contribution is 5.23. The second-order valence-corrected chi connectivity index (χ2v) is 3.92. The largest absolute Gasteiger partial charge is 0.394 e. The Kier molecular flexibility index (Phi) is 3.07. The number of hydrogen-bond acceptors (Lipinski definition) is 7. The highest BCUT2D eigenvalue weighted by Gasteiger charge is 2.57. The summed E-state index contributed by atoms with van der Waals surface area (Å²) in [6.45, 7) is -0.707. The average Bonchev–Trinajstić information content (AvgIpc) is 2.52. The highest BCUT2D eigenvalue weighted by atomic mass is 19.2. The standard InChI is InChI=1S/C9H12FN3O5/c10-9(17)6(15)4(3-14)18-7(9)13-2-1-5(11)12-8(13)16/h1-2,4,6-7,14-15,17H,3H2,(H2,11,12,16)/t4-,6-,7-,9+/m1/s1. The molecule has 18 heavy (non-hydrogen) atoms. The molecule has 0 spiro atoms. The number of nitrogens with two attached hydrogens (primary N) is 1. The fourth-order valence-electron chi connectivity index (χ4n) is 1.75. The van der Waals surface area contributed by atoms with Gasteiger partial charge in [0.2, 0.25) is 0 Å². The van der Waals surface area contributed by atoms with Gasteiger partial charge in [0, 0.05) is 6.20 Å². The van der Waals surface area contributed by atoms with Crippen LogP contribution in [-0.4, -0.2) is 49.5 Å². The van der Waals surface area contributed by atoms with Crippen molar-refractivity contribution in [3.63, 3.8) is 0 Å². The van der Waals surface area contributed by atoms with E-state index in [9.17, 15) is 19.4 Å². The molecule has 4 atom stereocenters. The lowest BCUT2D eigenvalue weighted by Gasteiger charge is -2.23. The molecular formula is C9H12FN3O5. The molecule has 1 aliphatic rings. The molecule has 1 fully saturated rings. The van der Waals surface area contributed by atoms with Gasteiger partial charge in [-0.05, 0) is 6.07 Å². The van der Waals surface area contributed by atoms with Gasteiger partial charge in [-0.3, -0.25) is 4.57 Å². The molecule has 8 nitrogen and oxygen atoms in total. The van der Waals surface area contributed by atoms with Crippen LogP contribution in [0.3, 0.4) is 0 Å². The van der Waals surface area contributed by atoms with Crippen LogP contribution in [0, 0.1) is 0 Å². The van der Waals surface area contributed by atoms with Crippen molar-refractivity contribution in [3.05, 3.63) is 22.7 Å². The van der Waals surface area contributed by atoms with Gasteiger partial charge < -0.3 is 25.8 Å². The molecule has 9 heteroatoms. The van der Waals surface area contributed by atoms with Crippen LogP contribution in [0.4, 0.5) is 10.2 Å². The Balaban J connectivity index is 2.42. The van der Waals surface area contributed by atoms with Crippen LogP contribution >= 0.6 is 0 Å². The summed E-state index contributed by atoms with van der Waals surface area (Å²) in [4.78, 5) is 14.8. The SMILES string of the molecule is Nc1ccn([C@@H]2O[C@H](CO)[C@@H](O)[C@@]2(O)F)c(=O)n1. The number of rotatable bonds is 2. The zero-order valence-corrected chi connectivity index (χ0v) is 9.10. The lowest BCUT2D eigenvalue weighted by molar-refractivity contribution is -0.196. The maximum atomic E-state index is 13.9. The summed E-state index contributed by atoms with van der Waals surface area (Å²) in [7, 11) is 0. The Morgan fingerprint density at radius 2 is 2.33 bits per heavy atom. The Morgan fingerprint density at radius 1 is 1.67 bits per heavy atom. The van der Waals surface area contributed by atoms with E-state index in [1.165, 1.54) is 6.07 Å². The summed E-state index contributed by atoms with van der Waals surface area (Å²) in [5.74, 6) is -3.29. The smallest absolute Gasteiger partial charge is 0.351 e. The van der Waals surface area contributed by atoms with E-state index in [-0.39, 0.29) is 5.82 Å². The van der Waals surface area contributed by atoms with Crippen LogP contribution in [0.15, 0.2) is 17.1 Å². The second-order valence-electron chi connectivity index (χ2n) is 3.92. The molecule has 0 radical (unpaired) electrons. The van der Waals surface area contributed by atoms with Crippen molar-refractivity contribution in [2.24, 2.45) is 0 Å². The third kappa shape index (κ3) is 1.86. The van der Waals surface area contributed by atoms with Crippen molar-refractivity contribution in [2.45, 2.75) is 24.3 Å². The fourth-order valence-corrected chi connectivity index (χ4v) is 1.75. The molecule has 0 amide bonds. The Bertz CT molecular complexity index is 505. The van der Waals surface area contributed by atoms with Crippen LogP contribution in [0.5, 0.6) is 0 Å². The van der Waals surface area contributed by atoms with E-state index >= 15 is 0 Å². The molecule has 0 bridgehead atoms. The van der Waals surface area contributed by atoms with Gasteiger partial charge in [0.25, 0.3) is 5.85 Å². The molecule has 1 aliphatic heterocycles. The normalized spacial score (nSPS) is 35.9. The summed E-state index contributed by atoms with van der Waals surface area (Å²) in [6.07, 6.45) is -4.04. The van der Waals surface area contributed by atoms with Gasteiger partial charge in [-0.2, -0.15) is 4.98 Å². The summed E-state index contributed by atoms with van der Waals surface area (Å²) >= 11 is 0. The first-order chi connectivity index (χ1) is 8.37. The molecule has 0 unspecified atom stereocenters. The lowest BCUT2D eigenvalue weighted by atomic mass is 10.1. The molecule has 1 aromatic rings. The number of nitrogen functional groups attached to an aromatic ring is 1. The molecule has 1 saturated heterocycles. The Hall–Kier alpha value is -1.55. The van der Waals surface area contributed by atoms with Crippen molar-refractivity contribution in [3.8, 4) is 0 Å². The number of nitrogens with zero attached hydrogens (tertiary/aromatic N) is 2. The maximum Gasteiger partial charge on any atom is 0.351 e. The highest BCUT2D eigenvalue weighted by Crippen LogP contribution is 2.38. The number of alkyl halides is 1. The van der Waals surface area contributed by atoms with Gasteiger partial charge in [-0.15, -0.1) is 0 Å². The molecule has 0 saturated carbocycles. The molecule has 2 rings (SSSR count). The minimum absolute atomic E-state index is 0.0732. The van der Waals surface area contributed by atoms with Crippen LogP contribution in [0.1, 0.15) is 6.23 Å². The van der Waals surface area contributed by atoms with E-state index < -0.39 is 36.6 Å². The molecule has 0 aliphatic carbocycles. The average molecular weight is 261 g/mol. The number of aliphatic hydroxyl groups excluding tert-OH is 2. The first kappa shape index (κ1) is 12.9. The zero-order chi connectivity index (χ0) is 13.5. The molecule has 100 valence electrons. The first-order valence-electron chi connectivity index (χ1n) is 5.08. The van der Waals surface area contributed by atoms with Gasteiger partial charge in [-0.1, -0.05) is 0 Å². The van der Waals surface area contributed by atoms with Crippen molar-refractivity contribution in [1.82, 2.24) is 9.55 Å². The van der Waals surface area contributed by atoms with Crippen molar-refractivity contribution in [1.29, 1.82) is 0 Å². The monoisotopic (exact) mass is 261 g/mol. The van der Waals surface area contributed by atoms with Crippen LogP contribution in [0.25, 0.3) is 0 Å². The minimum atomic E-state index is -3.21. The lowest BCUT2D eigenvalue weighted by Crippen LogP contribution is -2.45. The van der Waals surface area contributed by atoms with E-state index in [4.69, 9.17) is 15.6 Å². The van der Waals surface area contributed by atoms with Gasteiger partial charge in [0.1, 0.15) is 18.0 Å². The summed E-state index contributed by atoms with van der Waals surface area (Å²) in [5, 5.41) is 27.8. The van der Waals surface area contributed by atoms with E-state index in [0.717, 1.165) is 6.20 Å². The first-order valence-corrected chi connectivity index (χ1v) is 5.08. The van der Waals surface area contributed by atoms with Gasteiger partial charge in [-0.25, -0.2) is 9.18 Å². The molecule has 2 heterocycles. The van der Waals surface area contributed by atoms with Crippen molar-refractivity contribution in [2.75, 3.05) is 12.3 Å². The number of halogens is 1. The zero-order valence-electron chi connectivity index (χ0n) is 9.10.